The van der Waals surface area contributed by atoms with E-state index < -0.39 is 41.5 Å². The van der Waals surface area contributed by atoms with Gasteiger partial charge in [-0.15, -0.1) is 0 Å². The summed E-state index contributed by atoms with van der Waals surface area (Å²) in [6.07, 6.45) is 3.48. The van der Waals surface area contributed by atoms with Crippen LogP contribution < -0.4 is 21.3 Å². The molecule has 37 heavy (non-hydrogen) atoms. The molecule has 1 heterocycles. The zero-order valence-corrected chi connectivity index (χ0v) is 23.0. The number of likely N-dealkylation sites (N-methyl/N-ethyl adjacent to an activating group) is 1. The van der Waals surface area contributed by atoms with Gasteiger partial charge in [-0.1, -0.05) is 50.0 Å². The number of nitrogens with one attached hydrogen (secondary N) is 4. The number of carbonyl (C=O) groups excluding carboxylic acids is 5. The van der Waals surface area contributed by atoms with E-state index in [9.17, 15) is 24.0 Å². The summed E-state index contributed by atoms with van der Waals surface area (Å²) >= 11 is 12.1. The summed E-state index contributed by atoms with van der Waals surface area (Å²) in [4.78, 5) is 63.2. The van der Waals surface area contributed by atoms with Crippen molar-refractivity contribution in [3.05, 3.63) is 39.9 Å². The highest BCUT2D eigenvalue weighted by atomic mass is 35.5. The number of halogens is 2. The van der Waals surface area contributed by atoms with Crippen LogP contribution in [0.25, 0.3) is 6.08 Å². The van der Waals surface area contributed by atoms with E-state index in [4.69, 9.17) is 23.2 Å². The first-order valence-corrected chi connectivity index (χ1v) is 12.9. The normalized spacial score (nSPS) is 17.1. The molecule has 1 aromatic carbocycles. The zero-order chi connectivity index (χ0) is 27.8. The van der Waals surface area contributed by atoms with E-state index in [1.807, 2.05) is 20.8 Å². The van der Waals surface area contributed by atoms with Gasteiger partial charge in [0.1, 0.15) is 6.04 Å². The largest absolute Gasteiger partial charge is 0.356 e. The van der Waals surface area contributed by atoms with Gasteiger partial charge in [0.05, 0.1) is 6.04 Å². The van der Waals surface area contributed by atoms with E-state index in [0.717, 1.165) is 0 Å². The standard InChI is InChI=1S/C26H34Cl2N4O5/c1-5-29-25(37)22(34)19(12-16-10-11-30-23(16)35)32-24(36)20(14-26(2,3)4)31-21(33)9-7-15-6-8-17(27)13-18(15)28/h6-9,13,16,19-20H,5,10-12,14H2,1-4H3,(H,29,37)(H,30,35)(H,31,33)(H,32,36)/b9-7+/t16-,19?,20-/m0/s1. The molecular formula is C26H34Cl2N4O5. The van der Waals surface area contributed by atoms with Crippen LogP contribution in [0.4, 0.5) is 0 Å². The SMILES string of the molecule is CCNC(=O)C(=O)C(C[C@@H]1CCNC1=O)NC(=O)[C@H](CC(C)(C)C)NC(=O)/C=C/c1ccc(Cl)cc1Cl. The van der Waals surface area contributed by atoms with Crippen molar-refractivity contribution in [3.8, 4) is 0 Å². The Kier molecular flexibility index (Phi) is 11.1. The van der Waals surface area contributed by atoms with Gasteiger partial charge in [0.15, 0.2) is 0 Å². The summed E-state index contributed by atoms with van der Waals surface area (Å²) in [5.74, 6) is -3.59. The molecule has 1 unspecified atom stereocenters. The molecule has 0 bridgehead atoms. The predicted octanol–water partition coefficient (Wildman–Crippen LogP) is 2.64. The van der Waals surface area contributed by atoms with Gasteiger partial charge in [0.25, 0.3) is 5.91 Å². The minimum atomic E-state index is -1.21. The molecule has 0 aliphatic carbocycles. The first kappa shape index (κ1) is 30.3. The van der Waals surface area contributed by atoms with Crippen molar-refractivity contribution < 1.29 is 24.0 Å². The number of Topliss-reactive ketones (excluding diaryl/α,β-unsaturated/α-hetero) is 1. The third-order valence-corrected chi connectivity index (χ3v) is 6.27. The highest BCUT2D eigenvalue weighted by Crippen LogP contribution is 2.23. The van der Waals surface area contributed by atoms with Gasteiger partial charge in [-0.2, -0.15) is 0 Å². The van der Waals surface area contributed by atoms with E-state index in [1.165, 1.54) is 12.2 Å². The molecule has 3 atom stereocenters. The summed E-state index contributed by atoms with van der Waals surface area (Å²) < 4.78 is 0. The maximum Gasteiger partial charge on any atom is 0.289 e. The molecule has 1 saturated heterocycles. The Balaban J connectivity index is 2.20. The van der Waals surface area contributed by atoms with Crippen LogP contribution in [0, 0.1) is 11.3 Å². The van der Waals surface area contributed by atoms with Gasteiger partial charge in [-0.05, 0) is 55.4 Å². The van der Waals surface area contributed by atoms with Gasteiger partial charge in [0.2, 0.25) is 23.5 Å². The summed E-state index contributed by atoms with van der Waals surface area (Å²) in [6, 6.07) is 2.63. The Bertz CT molecular complexity index is 1070. The first-order chi connectivity index (χ1) is 17.3. The molecule has 1 fully saturated rings. The number of hydrogen-bond acceptors (Lipinski definition) is 5. The van der Waals surface area contributed by atoms with Crippen LogP contribution in [0.15, 0.2) is 24.3 Å². The molecule has 0 spiro atoms. The molecule has 4 amide bonds. The van der Waals surface area contributed by atoms with Crippen LogP contribution in [0.3, 0.4) is 0 Å². The second-order valence-electron chi connectivity index (χ2n) is 10.1. The maximum absolute atomic E-state index is 13.3. The third kappa shape index (κ3) is 9.81. The smallest absolute Gasteiger partial charge is 0.289 e. The molecular weight excluding hydrogens is 519 g/mol. The summed E-state index contributed by atoms with van der Waals surface area (Å²) in [5.41, 5.74) is 0.212. The van der Waals surface area contributed by atoms with Gasteiger partial charge in [-0.25, -0.2) is 0 Å². The lowest BCUT2D eigenvalue weighted by Crippen LogP contribution is -2.55. The Hall–Kier alpha value is -2.91. The van der Waals surface area contributed by atoms with Crippen molar-refractivity contribution in [1.29, 1.82) is 0 Å². The fourth-order valence-corrected chi connectivity index (χ4v) is 4.38. The predicted molar refractivity (Wildman–Crippen MR) is 143 cm³/mol. The van der Waals surface area contributed by atoms with Gasteiger partial charge in [-0.3, -0.25) is 24.0 Å². The van der Waals surface area contributed by atoms with E-state index in [0.29, 0.717) is 28.6 Å². The van der Waals surface area contributed by atoms with Crippen molar-refractivity contribution in [2.24, 2.45) is 11.3 Å². The lowest BCUT2D eigenvalue weighted by atomic mass is 9.87. The summed E-state index contributed by atoms with van der Waals surface area (Å²) in [7, 11) is 0. The number of hydrogen-bond donors (Lipinski definition) is 4. The number of rotatable bonds is 11. The summed E-state index contributed by atoms with van der Waals surface area (Å²) in [6.45, 7) is 8.09. The van der Waals surface area contributed by atoms with Gasteiger partial charge in [0, 0.05) is 35.1 Å². The van der Waals surface area contributed by atoms with E-state index in [1.54, 1.807) is 25.1 Å². The van der Waals surface area contributed by atoms with Crippen molar-refractivity contribution >= 4 is 58.7 Å². The molecule has 11 heteroatoms. The van der Waals surface area contributed by atoms with Gasteiger partial charge < -0.3 is 21.3 Å². The Morgan fingerprint density at radius 3 is 2.41 bits per heavy atom. The summed E-state index contributed by atoms with van der Waals surface area (Å²) in [5, 5.41) is 11.2. The lowest BCUT2D eigenvalue weighted by molar-refractivity contribution is -0.141. The van der Waals surface area contributed by atoms with Crippen molar-refractivity contribution in [2.45, 2.75) is 59.0 Å². The van der Waals surface area contributed by atoms with Crippen LogP contribution in [0.5, 0.6) is 0 Å². The fourth-order valence-electron chi connectivity index (χ4n) is 3.91. The molecule has 1 aliphatic heterocycles. The molecule has 4 N–H and O–H groups in total. The minimum absolute atomic E-state index is 0.0152. The Morgan fingerprint density at radius 2 is 1.84 bits per heavy atom. The minimum Gasteiger partial charge on any atom is -0.356 e. The van der Waals surface area contributed by atoms with Crippen LogP contribution in [-0.2, 0) is 24.0 Å². The highest BCUT2D eigenvalue weighted by Gasteiger charge is 2.36. The van der Waals surface area contributed by atoms with Crippen LogP contribution >= 0.6 is 23.2 Å². The number of benzene rings is 1. The number of amides is 4. The van der Waals surface area contributed by atoms with Crippen molar-refractivity contribution in [1.82, 2.24) is 21.3 Å². The monoisotopic (exact) mass is 552 g/mol. The lowest BCUT2D eigenvalue weighted by Gasteiger charge is -2.28. The average molecular weight is 553 g/mol. The molecule has 1 aliphatic rings. The Labute approximate surface area is 227 Å². The number of carbonyl (C=O) groups is 5. The van der Waals surface area contributed by atoms with Crippen LogP contribution in [-0.4, -0.2) is 54.6 Å². The number of ketones is 1. The van der Waals surface area contributed by atoms with Crippen LogP contribution in [0.2, 0.25) is 10.0 Å². The van der Waals surface area contributed by atoms with Gasteiger partial charge >= 0.3 is 0 Å². The van der Waals surface area contributed by atoms with E-state index in [2.05, 4.69) is 21.3 Å². The van der Waals surface area contributed by atoms with Crippen molar-refractivity contribution in [2.75, 3.05) is 13.1 Å². The third-order valence-electron chi connectivity index (χ3n) is 5.70. The zero-order valence-electron chi connectivity index (χ0n) is 21.5. The Morgan fingerprint density at radius 1 is 1.14 bits per heavy atom. The molecule has 0 radical (unpaired) electrons. The molecule has 1 aromatic rings. The molecule has 202 valence electrons. The topological polar surface area (TPSA) is 133 Å². The van der Waals surface area contributed by atoms with Crippen LogP contribution in [0.1, 0.15) is 52.5 Å². The maximum atomic E-state index is 13.3. The molecule has 2 rings (SSSR count). The molecule has 9 nitrogen and oxygen atoms in total. The molecule has 0 saturated carbocycles. The first-order valence-electron chi connectivity index (χ1n) is 12.1. The molecule has 0 aromatic heterocycles. The van der Waals surface area contributed by atoms with E-state index >= 15 is 0 Å². The average Bonchev–Trinajstić information content (AvgIpc) is 3.20. The second kappa shape index (κ2) is 13.6. The fraction of sp³-hybridized carbons (Fsp3) is 0.500. The quantitative estimate of drug-likeness (QED) is 0.247. The second-order valence-corrected chi connectivity index (χ2v) is 11.0. The highest BCUT2D eigenvalue weighted by molar-refractivity contribution is 6.38. The van der Waals surface area contributed by atoms with Crippen molar-refractivity contribution in [3.63, 3.8) is 0 Å². The van der Waals surface area contributed by atoms with E-state index in [-0.39, 0.29) is 30.7 Å².